The lowest BCUT2D eigenvalue weighted by Gasteiger charge is -2.10. The van der Waals surface area contributed by atoms with E-state index in [-0.39, 0.29) is 38.6 Å². The molecule has 8 heteroatoms. The average molecular weight is 260 g/mol. The van der Waals surface area contributed by atoms with Crippen LogP contribution in [-0.4, -0.2) is 61.3 Å². The first-order valence-electron chi connectivity index (χ1n) is 5.50. The number of carboxylic acid groups (broad SMARTS) is 1. The van der Waals surface area contributed by atoms with Crippen LogP contribution < -0.4 is 11.1 Å². The van der Waals surface area contributed by atoms with E-state index in [1.165, 1.54) is 0 Å². The molecule has 0 saturated carbocycles. The fourth-order valence-corrected chi connectivity index (χ4v) is 1.34. The lowest BCUT2D eigenvalue weighted by molar-refractivity contribution is -0.141. The number of aliphatic carboxylic acids is 1. The van der Waals surface area contributed by atoms with Crippen LogP contribution in [0.3, 0.4) is 0 Å². The van der Waals surface area contributed by atoms with Crippen molar-refractivity contribution in [2.45, 2.75) is 18.6 Å². The fourth-order valence-electron chi connectivity index (χ4n) is 1.34. The largest absolute Gasteiger partial charge is 0.480 e. The summed E-state index contributed by atoms with van der Waals surface area (Å²) in [6.45, 7) is 0.414. The first-order chi connectivity index (χ1) is 8.52. The standard InChI is InChI=1S/C10H16N2O6/c11-6(10(15)16)5-17-4-2-12-9(14)8-7(13)1-3-18-8/h6,8H,1-5,11H2,(H,12,14)(H,15,16)/t6-,8+/m0/s1. The number of carboxylic acids is 1. The van der Waals surface area contributed by atoms with E-state index in [1.807, 2.05) is 0 Å². The molecule has 0 aromatic heterocycles. The van der Waals surface area contributed by atoms with Gasteiger partial charge in [-0.1, -0.05) is 0 Å². The van der Waals surface area contributed by atoms with Gasteiger partial charge < -0.3 is 25.6 Å². The first kappa shape index (κ1) is 14.6. The fraction of sp³-hybridized carbons (Fsp3) is 0.700. The number of nitrogens with one attached hydrogen (secondary N) is 1. The topological polar surface area (TPSA) is 128 Å². The average Bonchev–Trinajstić information content (AvgIpc) is 2.74. The maximum Gasteiger partial charge on any atom is 0.322 e. The molecule has 0 aliphatic carbocycles. The minimum absolute atomic E-state index is 0.119. The molecule has 8 nitrogen and oxygen atoms in total. The van der Waals surface area contributed by atoms with Crippen LogP contribution in [0.5, 0.6) is 0 Å². The predicted molar refractivity (Wildman–Crippen MR) is 58.8 cm³/mol. The quantitative estimate of drug-likeness (QED) is 0.353. The maximum absolute atomic E-state index is 11.4. The summed E-state index contributed by atoms with van der Waals surface area (Å²) >= 11 is 0. The van der Waals surface area contributed by atoms with Gasteiger partial charge in [-0.05, 0) is 0 Å². The third kappa shape index (κ3) is 4.40. The van der Waals surface area contributed by atoms with Crippen molar-refractivity contribution in [3.8, 4) is 0 Å². The van der Waals surface area contributed by atoms with Gasteiger partial charge in [0.1, 0.15) is 6.04 Å². The molecule has 1 aliphatic heterocycles. The Morgan fingerprint density at radius 2 is 2.33 bits per heavy atom. The summed E-state index contributed by atoms with van der Waals surface area (Å²) in [4.78, 5) is 33.0. The number of ether oxygens (including phenoxy) is 2. The Balaban J connectivity index is 2.09. The van der Waals surface area contributed by atoms with E-state index in [2.05, 4.69) is 5.32 Å². The smallest absolute Gasteiger partial charge is 0.322 e. The molecule has 0 radical (unpaired) electrons. The van der Waals surface area contributed by atoms with Crippen molar-refractivity contribution in [3.05, 3.63) is 0 Å². The molecule has 1 aliphatic rings. The monoisotopic (exact) mass is 260 g/mol. The Morgan fingerprint density at radius 3 is 2.89 bits per heavy atom. The van der Waals surface area contributed by atoms with Crippen molar-refractivity contribution >= 4 is 17.7 Å². The van der Waals surface area contributed by atoms with Gasteiger partial charge in [0.05, 0.1) is 19.8 Å². The molecular formula is C10H16N2O6. The van der Waals surface area contributed by atoms with E-state index in [0.29, 0.717) is 0 Å². The molecule has 0 bridgehead atoms. The van der Waals surface area contributed by atoms with Crippen molar-refractivity contribution < 1.29 is 29.0 Å². The van der Waals surface area contributed by atoms with Crippen molar-refractivity contribution in [1.29, 1.82) is 0 Å². The second kappa shape index (κ2) is 7.04. The third-order valence-corrected chi connectivity index (χ3v) is 2.32. The van der Waals surface area contributed by atoms with Gasteiger partial charge in [-0.25, -0.2) is 0 Å². The minimum Gasteiger partial charge on any atom is -0.480 e. The molecule has 0 unspecified atom stereocenters. The summed E-state index contributed by atoms with van der Waals surface area (Å²) in [7, 11) is 0. The lowest BCUT2D eigenvalue weighted by atomic mass is 10.2. The van der Waals surface area contributed by atoms with Crippen LogP contribution in [0, 0.1) is 0 Å². The number of rotatable bonds is 7. The Bertz CT molecular complexity index is 332. The highest BCUT2D eigenvalue weighted by Gasteiger charge is 2.31. The number of carbonyl (C=O) groups is 3. The maximum atomic E-state index is 11.4. The second-order valence-electron chi connectivity index (χ2n) is 3.78. The SMILES string of the molecule is N[C@@H](COCCNC(=O)[C@@H]1OCCC1=O)C(=O)O. The minimum atomic E-state index is -1.15. The zero-order valence-corrected chi connectivity index (χ0v) is 9.76. The summed E-state index contributed by atoms with van der Waals surface area (Å²) in [6.07, 6.45) is -0.770. The number of carbonyl (C=O) groups excluding carboxylic acids is 2. The number of nitrogens with two attached hydrogens (primary N) is 1. The molecule has 1 fully saturated rings. The number of hydrogen-bond donors (Lipinski definition) is 3. The molecule has 1 amide bonds. The Morgan fingerprint density at radius 1 is 1.61 bits per heavy atom. The molecule has 18 heavy (non-hydrogen) atoms. The van der Waals surface area contributed by atoms with Crippen LogP contribution in [0.25, 0.3) is 0 Å². The van der Waals surface area contributed by atoms with Crippen molar-refractivity contribution in [1.82, 2.24) is 5.32 Å². The van der Waals surface area contributed by atoms with Gasteiger partial charge >= 0.3 is 5.97 Å². The van der Waals surface area contributed by atoms with Crippen LogP contribution in [0.1, 0.15) is 6.42 Å². The number of hydrogen-bond acceptors (Lipinski definition) is 6. The summed E-state index contributed by atoms with van der Waals surface area (Å²) in [5, 5.41) is 10.9. The Labute approximate surface area is 103 Å². The lowest BCUT2D eigenvalue weighted by Crippen LogP contribution is -2.40. The van der Waals surface area contributed by atoms with E-state index in [9.17, 15) is 14.4 Å². The first-order valence-corrected chi connectivity index (χ1v) is 5.50. The van der Waals surface area contributed by atoms with Crippen LogP contribution in [0.4, 0.5) is 0 Å². The second-order valence-corrected chi connectivity index (χ2v) is 3.78. The van der Waals surface area contributed by atoms with Gasteiger partial charge in [-0.2, -0.15) is 0 Å². The molecule has 0 aromatic rings. The molecule has 2 atom stereocenters. The highest BCUT2D eigenvalue weighted by atomic mass is 16.5. The van der Waals surface area contributed by atoms with Crippen molar-refractivity contribution in [2.24, 2.45) is 5.73 Å². The van der Waals surface area contributed by atoms with Gasteiger partial charge in [0.15, 0.2) is 11.9 Å². The molecular weight excluding hydrogens is 244 g/mol. The summed E-state index contributed by atoms with van der Waals surface area (Å²) in [6, 6.07) is -1.08. The van der Waals surface area contributed by atoms with E-state index in [4.69, 9.17) is 20.3 Å². The Hall–Kier alpha value is -1.51. The summed E-state index contributed by atoms with van der Waals surface area (Å²) < 4.78 is 9.90. The Kier molecular flexibility index (Phi) is 5.69. The molecule has 102 valence electrons. The van der Waals surface area contributed by atoms with Crippen molar-refractivity contribution in [2.75, 3.05) is 26.4 Å². The zero-order valence-electron chi connectivity index (χ0n) is 9.76. The van der Waals surface area contributed by atoms with E-state index in [1.54, 1.807) is 0 Å². The highest BCUT2D eigenvalue weighted by Crippen LogP contribution is 2.07. The summed E-state index contributed by atoms with van der Waals surface area (Å²) in [5.41, 5.74) is 5.20. The number of amides is 1. The van der Waals surface area contributed by atoms with Gasteiger partial charge in [-0.3, -0.25) is 14.4 Å². The van der Waals surface area contributed by atoms with Crippen molar-refractivity contribution in [3.63, 3.8) is 0 Å². The molecule has 4 N–H and O–H groups in total. The van der Waals surface area contributed by atoms with E-state index >= 15 is 0 Å². The van der Waals surface area contributed by atoms with Gasteiger partial charge in [0, 0.05) is 13.0 Å². The highest BCUT2D eigenvalue weighted by molar-refractivity contribution is 6.05. The van der Waals surface area contributed by atoms with Crippen LogP contribution in [0.15, 0.2) is 0 Å². The molecule has 1 heterocycles. The number of Topliss-reactive ketones (excluding diaryl/α,β-unsaturated/α-hetero) is 1. The summed E-state index contributed by atoms with van der Waals surface area (Å²) in [5.74, 6) is -1.88. The van der Waals surface area contributed by atoms with Gasteiger partial charge in [0.2, 0.25) is 0 Å². The molecule has 0 aromatic carbocycles. The van der Waals surface area contributed by atoms with Gasteiger partial charge in [-0.15, -0.1) is 0 Å². The third-order valence-electron chi connectivity index (χ3n) is 2.32. The molecule has 1 rings (SSSR count). The zero-order chi connectivity index (χ0) is 13.5. The van der Waals surface area contributed by atoms with E-state index in [0.717, 1.165) is 0 Å². The number of ketones is 1. The van der Waals surface area contributed by atoms with Crippen LogP contribution >= 0.6 is 0 Å². The molecule has 1 saturated heterocycles. The van der Waals surface area contributed by atoms with Gasteiger partial charge in [0.25, 0.3) is 5.91 Å². The normalized spacial score (nSPS) is 20.7. The van der Waals surface area contributed by atoms with Crippen LogP contribution in [-0.2, 0) is 23.9 Å². The predicted octanol–water partition coefficient (Wildman–Crippen LogP) is -2.11. The molecule has 0 spiro atoms. The van der Waals surface area contributed by atoms with E-state index < -0.39 is 24.0 Å². The van der Waals surface area contributed by atoms with Crippen LogP contribution in [0.2, 0.25) is 0 Å².